The van der Waals surface area contributed by atoms with Crippen molar-refractivity contribution in [2.24, 2.45) is 0 Å². The molecule has 0 saturated carbocycles. The molecule has 0 atom stereocenters. The minimum Gasteiger partial charge on any atom is -0.497 e. The first kappa shape index (κ1) is 14.4. The minimum atomic E-state index is -0.925. The van der Waals surface area contributed by atoms with Crippen LogP contribution in [0.1, 0.15) is 0 Å². The normalized spacial score (nSPS) is 11.1. The number of rotatable bonds is 3. The van der Waals surface area contributed by atoms with E-state index in [1.165, 1.54) is 6.07 Å². The molecule has 0 fully saturated rings. The summed E-state index contributed by atoms with van der Waals surface area (Å²) in [6, 6.07) is 9.10. The van der Waals surface area contributed by atoms with Crippen LogP contribution >= 0.6 is 0 Å². The first-order chi connectivity index (χ1) is 11.7. The van der Waals surface area contributed by atoms with Crippen LogP contribution in [0.3, 0.4) is 0 Å². The third-order valence-corrected chi connectivity index (χ3v) is 3.78. The molecule has 0 radical (unpaired) electrons. The van der Waals surface area contributed by atoms with Gasteiger partial charge in [0.05, 0.1) is 18.8 Å². The molecule has 0 aliphatic carbocycles. The maximum atomic E-state index is 13.4. The molecule has 2 N–H and O–H groups in total. The lowest BCUT2D eigenvalue weighted by atomic mass is 10.1. The van der Waals surface area contributed by atoms with Gasteiger partial charge in [-0.1, -0.05) is 0 Å². The van der Waals surface area contributed by atoms with Gasteiger partial charge in [0.15, 0.2) is 17.5 Å². The topological polar surface area (TPSA) is 62.8 Å². The van der Waals surface area contributed by atoms with E-state index in [1.54, 1.807) is 13.3 Å². The van der Waals surface area contributed by atoms with Crippen molar-refractivity contribution in [2.45, 2.75) is 0 Å². The van der Waals surface area contributed by atoms with Gasteiger partial charge < -0.3 is 10.1 Å². The van der Waals surface area contributed by atoms with Crippen molar-refractivity contribution in [3.63, 3.8) is 0 Å². The first-order valence-corrected chi connectivity index (χ1v) is 7.18. The molecule has 0 unspecified atom stereocenters. The third kappa shape index (κ3) is 2.30. The second kappa shape index (κ2) is 5.45. The Morgan fingerprint density at radius 3 is 2.71 bits per heavy atom. The number of nitrogens with one attached hydrogen (secondary N) is 2. The fraction of sp³-hybridized carbons (Fsp3) is 0.0588. The predicted molar refractivity (Wildman–Crippen MR) is 87.6 cm³/mol. The fourth-order valence-electron chi connectivity index (χ4n) is 2.60. The second-order valence-corrected chi connectivity index (χ2v) is 5.26. The highest BCUT2D eigenvalue weighted by Gasteiger charge is 2.12. The molecule has 0 bridgehead atoms. The van der Waals surface area contributed by atoms with Crippen LogP contribution < -0.4 is 10.1 Å². The number of aromatic amines is 1. The number of fused-ring (bicyclic) bond motifs is 3. The van der Waals surface area contributed by atoms with E-state index in [1.807, 2.05) is 18.2 Å². The van der Waals surface area contributed by atoms with E-state index in [2.05, 4.69) is 20.5 Å². The van der Waals surface area contributed by atoms with Crippen LogP contribution in [-0.2, 0) is 0 Å². The molecule has 0 aliphatic rings. The highest BCUT2D eigenvalue weighted by atomic mass is 19.2. The summed E-state index contributed by atoms with van der Waals surface area (Å²) >= 11 is 0. The summed E-state index contributed by atoms with van der Waals surface area (Å²) in [6.45, 7) is 0. The molecule has 4 aromatic rings. The Kier molecular flexibility index (Phi) is 3.26. The van der Waals surface area contributed by atoms with Crippen molar-refractivity contribution in [1.82, 2.24) is 15.2 Å². The van der Waals surface area contributed by atoms with Crippen molar-refractivity contribution in [3.05, 3.63) is 54.2 Å². The van der Waals surface area contributed by atoms with Gasteiger partial charge in [0, 0.05) is 22.5 Å². The van der Waals surface area contributed by atoms with Crippen molar-refractivity contribution < 1.29 is 13.5 Å². The average molecular weight is 326 g/mol. The van der Waals surface area contributed by atoms with Gasteiger partial charge in [-0.3, -0.25) is 5.10 Å². The standard InChI is InChI=1S/C17H12F2N4O/c1-24-10-3-5-15-11(7-10)12-8-20-23-16(12)17(22-15)21-9-2-4-13(18)14(19)6-9/h2-8H,1H3,(H,20,23)(H,21,22). The smallest absolute Gasteiger partial charge is 0.160 e. The zero-order chi connectivity index (χ0) is 16.7. The zero-order valence-electron chi connectivity index (χ0n) is 12.6. The zero-order valence-corrected chi connectivity index (χ0v) is 12.6. The molecule has 0 spiro atoms. The molecule has 0 aliphatic heterocycles. The van der Waals surface area contributed by atoms with Crippen LogP contribution in [0.25, 0.3) is 21.8 Å². The van der Waals surface area contributed by atoms with Gasteiger partial charge in [-0.15, -0.1) is 0 Å². The molecule has 2 aromatic heterocycles. The van der Waals surface area contributed by atoms with Crippen LogP contribution in [0.2, 0.25) is 0 Å². The molecule has 24 heavy (non-hydrogen) atoms. The van der Waals surface area contributed by atoms with Gasteiger partial charge in [-0.2, -0.15) is 5.10 Å². The number of halogens is 2. The first-order valence-electron chi connectivity index (χ1n) is 7.18. The van der Waals surface area contributed by atoms with Gasteiger partial charge in [-0.05, 0) is 30.3 Å². The van der Waals surface area contributed by atoms with Crippen molar-refractivity contribution >= 4 is 33.3 Å². The largest absolute Gasteiger partial charge is 0.497 e. The predicted octanol–water partition coefficient (Wildman–Crippen LogP) is 4.14. The Morgan fingerprint density at radius 1 is 1.04 bits per heavy atom. The summed E-state index contributed by atoms with van der Waals surface area (Å²) in [5, 5.41) is 11.7. The highest BCUT2D eigenvalue weighted by Crippen LogP contribution is 2.31. The number of pyridine rings is 1. The van der Waals surface area contributed by atoms with Crippen molar-refractivity contribution in [2.75, 3.05) is 12.4 Å². The number of hydrogen-bond acceptors (Lipinski definition) is 4. The van der Waals surface area contributed by atoms with Crippen molar-refractivity contribution in [1.29, 1.82) is 0 Å². The number of nitrogens with zero attached hydrogens (tertiary/aromatic N) is 2. The van der Waals surface area contributed by atoms with E-state index in [-0.39, 0.29) is 0 Å². The molecular formula is C17H12F2N4O. The van der Waals surface area contributed by atoms with E-state index in [0.717, 1.165) is 28.4 Å². The monoisotopic (exact) mass is 326 g/mol. The van der Waals surface area contributed by atoms with Gasteiger partial charge >= 0.3 is 0 Å². The Labute approximate surface area is 135 Å². The van der Waals surface area contributed by atoms with Crippen LogP contribution in [0, 0.1) is 11.6 Å². The van der Waals surface area contributed by atoms with Crippen LogP contribution in [0.4, 0.5) is 20.3 Å². The average Bonchev–Trinajstić information content (AvgIpc) is 3.08. The minimum absolute atomic E-state index is 0.394. The maximum Gasteiger partial charge on any atom is 0.160 e. The summed E-state index contributed by atoms with van der Waals surface area (Å²) in [5.74, 6) is -0.628. The molecule has 2 aromatic carbocycles. The number of benzene rings is 2. The fourth-order valence-corrected chi connectivity index (χ4v) is 2.60. The second-order valence-electron chi connectivity index (χ2n) is 5.26. The van der Waals surface area contributed by atoms with E-state index >= 15 is 0 Å². The van der Waals surface area contributed by atoms with E-state index in [9.17, 15) is 8.78 Å². The molecule has 2 heterocycles. The molecule has 4 rings (SSSR count). The van der Waals surface area contributed by atoms with Gasteiger partial charge in [-0.25, -0.2) is 13.8 Å². The Morgan fingerprint density at radius 2 is 1.92 bits per heavy atom. The lowest BCUT2D eigenvalue weighted by Crippen LogP contribution is -1.97. The van der Waals surface area contributed by atoms with Crippen LogP contribution in [0.15, 0.2) is 42.6 Å². The van der Waals surface area contributed by atoms with Gasteiger partial charge in [0.1, 0.15) is 11.3 Å². The molecule has 0 saturated heterocycles. The summed E-state index contributed by atoms with van der Waals surface area (Å²) in [4.78, 5) is 4.54. The molecule has 0 amide bonds. The van der Waals surface area contributed by atoms with E-state index in [4.69, 9.17) is 4.74 Å². The van der Waals surface area contributed by atoms with Crippen molar-refractivity contribution in [3.8, 4) is 5.75 Å². The Hall–Kier alpha value is -3.22. The third-order valence-electron chi connectivity index (χ3n) is 3.78. The summed E-state index contributed by atoms with van der Waals surface area (Å²) in [5.41, 5.74) is 1.79. The highest BCUT2D eigenvalue weighted by molar-refractivity contribution is 6.09. The summed E-state index contributed by atoms with van der Waals surface area (Å²) < 4.78 is 31.7. The number of methoxy groups -OCH3 is 1. The Bertz CT molecular complexity index is 1060. The van der Waals surface area contributed by atoms with Gasteiger partial charge in [0.25, 0.3) is 0 Å². The lowest BCUT2D eigenvalue weighted by Gasteiger charge is -2.10. The maximum absolute atomic E-state index is 13.4. The quantitative estimate of drug-likeness (QED) is 0.594. The molecular weight excluding hydrogens is 314 g/mol. The number of ether oxygens (including phenoxy) is 1. The number of anilines is 2. The SMILES string of the molecule is COc1ccc2nc(Nc3ccc(F)c(F)c3)c3[nH]ncc3c2c1. The number of H-pyrrole nitrogens is 1. The number of hydrogen-bond donors (Lipinski definition) is 2. The van der Waals surface area contributed by atoms with E-state index in [0.29, 0.717) is 22.8 Å². The number of aromatic nitrogens is 3. The summed E-state index contributed by atoms with van der Waals surface area (Å²) in [6.07, 6.45) is 1.69. The van der Waals surface area contributed by atoms with Gasteiger partial charge in [0.2, 0.25) is 0 Å². The van der Waals surface area contributed by atoms with Crippen LogP contribution in [0.5, 0.6) is 5.75 Å². The molecule has 7 heteroatoms. The molecule has 5 nitrogen and oxygen atoms in total. The Balaban J connectivity index is 1.87. The van der Waals surface area contributed by atoms with E-state index < -0.39 is 11.6 Å². The molecule has 120 valence electrons. The van der Waals surface area contributed by atoms with Crippen LogP contribution in [-0.4, -0.2) is 22.3 Å². The summed E-state index contributed by atoms with van der Waals surface area (Å²) in [7, 11) is 1.60. The lowest BCUT2D eigenvalue weighted by molar-refractivity contribution is 0.415.